The van der Waals surface area contributed by atoms with Crippen molar-refractivity contribution in [1.82, 2.24) is 4.90 Å². The Kier molecular flexibility index (Phi) is 3.97. The molecule has 1 amide bonds. The summed E-state index contributed by atoms with van der Waals surface area (Å²) in [7, 11) is 1.07. The van der Waals surface area contributed by atoms with Gasteiger partial charge in [-0.25, -0.2) is 4.79 Å². The first kappa shape index (κ1) is 13.8. The van der Waals surface area contributed by atoms with Gasteiger partial charge in [0.15, 0.2) is 0 Å². The second kappa shape index (κ2) is 4.91. The zero-order chi connectivity index (χ0) is 13.2. The monoisotopic (exact) mass is 255 g/mol. The SMILES string of the molecule is COC(=O)C1CC(O)CN1C(=O)CC(F)(F)F. The van der Waals surface area contributed by atoms with Crippen LogP contribution in [0.2, 0.25) is 0 Å². The summed E-state index contributed by atoms with van der Waals surface area (Å²) < 4.78 is 40.5. The van der Waals surface area contributed by atoms with Crippen LogP contribution in [-0.4, -0.2) is 53.9 Å². The van der Waals surface area contributed by atoms with Gasteiger partial charge in [-0.3, -0.25) is 4.79 Å². The molecule has 0 radical (unpaired) electrons. The van der Waals surface area contributed by atoms with E-state index in [0.29, 0.717) is 4.90 Å². The number of aliphatic hydroxyl groups excluding tert-OH is 1. The lowest BCUT2D eigenvalue weighted by atomic mass is 10.2. The third-order valence-electron chi connectivity index (χ3n) is 2.42. The fourth-order valence-corrected chi connectivity index (χ4v) is 1.72. The third-order valence-corrected chi connectivity index (χ3v) is 2.42. The molecule has 1 fully saturated rings. The van der Waals surface area contributed by atoms with E-state index in [9.17, 15) is 27.9 Å². The molecule has 0 spiro atoms. The molecular formula is C9H12F3NO4. The Morgan fingerprint density at radius 2 is 2.06 bits per heavy atom. The van der Waals surface area contributed by atoms with Gasteiger partial charge in [0.2, 0.25) is 5.91 Å². The van der Waals surface area contributed by atoms with Crippen molar-refractivity contribution in [2.24, 2.45) is 0 Å². The number of methoxy groups -OCH3 is 1. The van der Waals surface area contributed by atoms with Crippen LogP contribution < -0.4 is 0 Å². The third kappa shape index (κ3) is 3.58. The number of β-amino-alcohol motifs (C(OH)–C–C–N with tert-alkyl or cyclic N) is 1. The van der Waals surface area contributed by atoms with Crippen molar-refractivity contribution in [3.8, 4) is 0 Å². The molecule has 1 N–H and O–H groups in total. The lowest BCUT2D eigenvalue weighted by Crippen LogP contribution is -2.42. The van der Waals surface area contributed by atoms with E-state index in [4.69, 9.17) is 0 Å². The largest absolute Gasteiger partial charge is 0.467 e. The van der Waals surface area contributed by atoms with Crippen LogP contribution in [0.25, 0.3) is 0 Å². The summed E-state index contributed by atoms with van der Waals surface area (Å²) in [6, 6.07) is -1.13. The number of amides is 1. The number of carbonyl (C=O) groups is 2. The van der Waals surface area contributed by atoms with Crippen molar-refractivity contribution in [2.75, 3.05) is 13.7 Å². The zero-order valence-electron chi connectivity index (χ0n) is 9.03. The first-order chi connectivity index (χ1) is 7.74. The Hall–Kier alpha value is -1.31. The molecule has 1 heterocycles. The molecule has 0 aromatic rings. The Balaban J connectivity index is 2.73. The lowest BCUT2D eigenvalue weighted by Gasteiger charge is -2.22. The Morgan fingerprint density at radius 3 is 2.53 bits per heavy atom. The van der Waals surface area contributed by atoms with Crippen LogP contribution in [0.15, 0.2) is 0 Å². The second-order valence-electron chi connectivity index (χ2n) is 3.77. The summed E-state index contributed by atoms with van der Waals surface area (Å²) >= 11 is 0. The predicted molar refractivity (Wildman–Crippen MR) is 48.8 cm³/mol. The maximum absolute atomic E-state index is 12.0. The summed E-state index contributed by atoms with van der Waals surface area (Å²) in [4.78, 5) is 23.3. The van der Waals surface area contributed by atoms with Crippen LogP contribution in [0.1, 0.15) is 12.8 Å². The number of esters is 1. The Labute approximate surface area is 95.1 Å². The fourth-order valence-electron chi connectivity index (χ4n) is 1.72. The average Bonchev–Trinajstić information content (AvgIpc) is 2.56. The van der Waals surface area contributed by atoms with Gasteiger partial charge in [-0.05, 0) is 0 Å². The molecule has 98 valence electrons. The van der Waals surface area contributed by atoms with Gasteiger partial charge in [0.25, 0.3) is 0 Å². The molecule has 1 aliphatic heterocycles. The van der Waals surface area contributed by atoms with E-state index in [2.05, 4.69) is 4.74 Å². The molecule has 0 bridgehead atoms. The molecule has 0 aromatic heterocycles. The number of nitrogens with zero attached hydrogens (tertiary/aromatic N) is 1. The van der Waals surface area contributed by atoms with Gasteiger partial charge < -0.3 is 14.7 Å². The van der Waals surface area contributed by atoms with Gasteiger partial charge >= 0.3 is 12.1 Å². The minimum absolute atomic E-state index is 0.101. The normalized spacial score (nSPS) is 24.9. The molecule has 1 rings (SSSR count). The van der Waals surface area contributed by atoms with E-state index in [0.717, 1.165) is 7.11 Å². The van der Waals surface area contributed by atoms with Crippen LogP contribution in [0.3, 0.4) is 0 Å². The highest BCUT2D eigenvalue weighted by Crippen LogP contribution is 2.25. The van der Waals surface area contributed by atoms with Crippen molar-refractivity contribution in [1.29, 1.82) is 0 Å². The average molecular weight is 255 g/mol. The fraction of sp³-hybridized carbons (Fsp3) is 0.778. The van der Waals surface area contributed by atoms with Crippen LogP contribution >= 0.6 is 0 Å². The van der Waals surface area contributed by atoms with Gasteiger partial charge in [-0.2, -0.15) is 13.2 Å². The van der Waals surface area contributed by atoms with Crippen molar-refractivity contribution in [2.45, 2.75) is 31.2 Å². The lowest BCUT2D eigenvalue weighted by molar-refractivity contribution is -0.166. The maximum Gasteiger partial charge on any atom is 0.397 e. The van der Waals surface area contributed by atoms with Crippen LogP contribution in [0, 0.1) is 0 Å². The summed E-state index contributed by atoms with van der Waals surface area (Å²) in [5.41, 5.74) is 0. The van der Waals surface area contributed by atoms with Crippen molar-refractivity contribution in [3.05, 3.63) is 0 Å². The smallest absolute Gasteiger partial charge is 0.397 e. The van der Waals surface area contributed by atoms with Crippen molar-refractivity contribution in [3.63, 3.8) is 0 Å². The van der Waals surface area contributed by atoms with Crippen molar-refractivity contribution >= 4 is 11.9 Å². The number of alkyl halides is 3. The highest BCUT2D eigenvalue weighted by Gasteiger charge is 2.43. The standard InChI is InChI=1S/C9H12F3NO4/c1-17-8(16)6-2-5(14)4-13(6)7(15)3-9(10,11)12/h5-6,14H,2-4H2,1H3. The van der Waals surface area contributed by atoms with E-state index in [1.807, 2.05) is 0 Å². The number of ether oxygens (including phenoxy) is 1. The van der Waals surface area contributed by atoms with Crippen LogP contribution in [0.5, 0.6) is 0 Å². The van der Waals surface area contributed by atoms with Gasteiger partial charge in [0.05, 0.1) is 13.2 Å². The van der Waals surface area contributed by atoms with Crippen LogP contribution in [0.4, 0.5) is 13.2 Å². The zero-order valence-corrected chi connectivity index (χ0v) is 9.03. The van der Waals surface area contributed by atoms with E-state index < -0.39 is 36.6 Å². The van der Waals surface area contributed by atoms with E-state index in [1.165, 1.54) is 0 Å². The highest BCUT2D eigenvalue weighted by molar-refractivity contribution is 5.85. The quantitative estimate of drug-likeness (QED) is 0.709. The number of rotatable bonds is 2. The van der Waals surface area contributed by atoms with Gasteiger partial charge in [-0.15, -0.1) is 0 Å². The topological polar surface area (TPSA) is 66.8 Å². The van der Waals surface area contributed by atoms with Gasteiger partial charge in [0.1, 0.15) is 12.5 Å². The molecule has 5 nitrogen and oxygen atoms in total. The van der Waals surface area contributed by atoms with E-state index in [1.54, 1.807) is 0 Å². The van der Waals surface area contributed by atoms with Crippen LogP contribution in [-0.2, 0) is 14.3 Å². The number of carbonyl (C=O) groups excluding carboxylic acids is 2. The van der Waals surface area contributed by atoms with Gasteiger partial charge in [-0.1, -0.05) is 0 Å². The first-order valence-corrected chi connectivity index (χ1v) is 4.86. The highest BCUT2D eigenvalue weighted by atomic mass is 19.4. The number of hydrogen-bond donors (Lipinski definition) is 1. The molecule has 2 atom stereocenters. The number of hydrogen-bond acceptors (Lipinski definition) is 4. The summed E-state index contributed by atoms with van der Waals surface area (Å²) in [6.07, 6.45) is -7.38. The molecule has 8 heteroatoms. The molecular weight excluding hydrogens is 243 g/mol. The Morgan fingerprint density at radius 1 is 1.47 bits per heavy atom. The van der Waals surface area contributed by atoms with Gasteiger partial charge in [0, 0.05) is 13.0 Å². The summed E-state index contributed by atoms with van der Waals surface area (Å²) in [6.45, 7) is -0.283. The molecule has 2 unspecified atom stereocenters. The molecule has 0 aromatic carbocycles. The van der Waals surface area contributed by atoms with E-state index >= 15 is 0 Å². The number of likely N-dealkylation sites (tertiary alicyclic amines) is 1. The number of halogens is 3. The van der Waals surface area contributed by atoms with Crippen molar-refractivity contribution < 1.29 is 32.6 Å². The molecule has 0 aliphatic carbocycles. The minimum Gasteiger partial charge on any atom is -0.467 e. The minimum atomic E-state index is -4.63. The summed E-state index contributed by atoms with van der Waals surface area (Å²) in [5.74, 6) is -2.05. The van der Waals surface area contributed by atoms with E-state index in [-0.39, 0.29) is 13.0 Å². The Bertz CT molecular complexity index is 318. The first-order valence-electron chi connectivity index (χ1n) is 4.86. The molecule has 1 saturated heterocycles. The number of aliphatic hydroxyl groups is 1. The second-order valence-corrected chi connectivity index (χ2v) is 3.77. The molecule has 1 aliphatic rings. The maximum atomic E-state index is 12.0. The molecule has 0 saturated carbocycles. The summed E-state index contributed by atoms with van der Waals surface area (Å²) in [5, 5.41) is 9.28. The molecule has 17 heavy (non-hydrogen) atoms. The predicted octanol–water partition coefficient (Wildman–Crippen LogP) is 0.0736.